The Hall–Kier alpha value is -1.66. The minimum absolute atomic E-state index is 0.0244. The lowest BCUT2D eigenvalue weighted by Crippen LogP contribution is -2.37. The average Bonchev–Trinajstić information content (AvgIpc) is 2.47. The smallest absolute Gasteiger partial charge is 0.287 e. The van der Waals surface area contributed by atoms with Gasteiger partial charge in [-0.1, -0.05) is 18.0 Å². The third-order valence-electron chi connectivity index (χ3n) is 3.57. The second kappa shape index (κ2) is 7.38. The van der Waals surface area contributed by atoms with E-state index < -0.39 is 4.92 Å². The Kier molecular flexibility index (Phi) is 5.52. The lowest BCUT2D eigenvalue weighted by Gasteiger charge is -2.26. The molecule has 21 heavy (non-hydrogen) atoms. The molecule has 1 aliphatic rings. The molecule has 1 aliphatic heterocycles. The highest BCUT2D eigenvalue weighted by Gasteiger charge is 2.15. The van der Waals surface area contributed by atoms with Gasteiger partial charge in [0.25, 0.3) is 11.6 Å². The van der Waals surface area contributed by atoms with Crippen molar-refractivity contribution in [3.63, 3.8) is 0 Å². The molecule has 1 aromatic carbocycles. The lowest BCUT2D eigenvalue weighted by atomic mass is 10.1. The van der Waals surface area contributed by atoms with Gasteiger partial charge in [-0.2, -0.15) is 0 Å². The molecule has 7 heteroatoms. The molecule has 1 saturated heterocycles. The number of nitrogens with zero attached hydrogens (tertiary/aromatic N) is 2. The van der Waals surface area contributed by atoms with E-state index in [9.17, 15) is 14.9 Å². The van der Waals surface area contributed by atoms with E-state index in [1.54, 1.807) is 0 Å². The predicted molar refractivity (Wildman–Crippen MR) is 80.7 cm³/mol. The highest BCUT2D eigenvalue weighted by molar-refractivity contribution is 6.33. The number of carbonyl (C=O) groups excluding carboxylic acids is 1. The first kappa shape index (κ1) is 15.7. The molecular formula is C14H18ClN3O3. The number of benzene rings is 1. The predicted octanol–water partition coefficient (Wildman–Crippen LogP) is 2.46. The van der Waals surface area contributed by atoms with Crippen LogP contribution in [0, 0.1) is 10.1 Å². The number of hydrogen-bond donors (Lipinski definition) is 1. The Balaban J connectivity index is 1.85. The van der Waals surface area contributed by atoms with Crippen LogP contribution in [0.2, 0.25) is 5.02 Å². The Morgan fingerprint density at radius 2 is 2.05 bits per heavy atom. The van der Waals surface area contributed by atoms with Crippen molar-refractivity contribution in [1.29, 1.82) is 0 Å². The summed E-state index contributed by atoms with van der Waals surface area (Å²) in [5.41, 5.74) is 0.144. The van der Waals surface area contributed by atoms with E-state index in [0.29, 0.717) is 12.1 Å². The third-order valence-corrected chi connectivity index (χ3v) is 3.87. The summed E-state index contributed by atoms with van der Waals surface area (Å²) in [6, 6.07) is 4.00. The Bertz CT molecular complexity index is 530. The number of nitrogens with one attached hydrogen (secondary N) is 1. The van der Waals surface area contributed by atoms with Crippen LogP contribution in [0.5, 0.6) is 0 Å². The van der Waals surface area contributed by atoms with Gasteiger partial charge in [-0.15, -0.1) is 0 Å². The number of piperidine rings is 1. The average molecular weight is 312 g/mol. The molecule has 0 aromatic heterocycles. The minimum Gasteiger partial charge on any atom is -0.351 e. The van der Waals surface area contributed by atoms with Gasteiger partial charge in [0.05, 0.1) is 4.92 Å². The van der Waals surface area contributed by atoms with Gasteiger partial charge < -0.3 is 10.2 Å². The number of amides is 1. The summed E-state index contributed by atoms with van der Waals surface area (Å²) < 4.78 is 0. The highest BCUT2D eigenvalue weighted by atomic mass is 35.5. The van der Waals surface area contributed by atoms with Crippen LogP contribution in [0.15, 0.2) is 18.2 Å². The molecule has 0 unspecified atom stereocenters. The first-order valence-electron chi connectivity index (χ1n) is 7.02. The summed E-state index contributed by atoms with van der Waals surface area (Å²) >= 11 is 5.79. The number of hydrogen-bond acceptors (Lipinski definition) is 4. The summed E-state index contributed by atoms with van der Waals surface area (Å²) in [6.45, 7) is 3.55. The van der Waals surface area contributed by atoms with Crippen LogP contribution in [0.3, 0.4) is 0 Å². The molecular weight excluding hydrogens is 294 g/mol. The van der Waals surface area contributed by atoms with E-state index in [4.69, 9.17) is 11.6 Å². The summed E-state index contributed by atoms with van der Waals surface area (Å²) in [5, 5.41) is 13.5. The van der Waals surface area contributed by atoms with Gasteiger partial charge >= 0.3 is 0 Å². The number of nitro groups is 1. The Morgan fingerprint density at radius 1 is 1.33 bits per heavy atom. The normalized spacial score (nSPS) is 15.7. The van der Waals surface area contributed by atoms with Crippen molar-refractivity contribution in [2.45, 2.75) is 19.3 Å². The zero-order chi connectivity index (χ0) is 15.2. The molecule has 0 saturated carbocycles. The fourth-order valence-electron chi connectivity index (χ4n) is 2.41. The Labute approximate surface area is 128 Å². The molecule has 0 aliphatic carbocycles. The quantitative estimate of drug-likeness (QED) is 0.669. The maximum Gasteiger partial charge on any atom is 0.287 e. The van der Waals surface area contributed by atoms with E-state index in [-0.39, 0.29) is 16.6 Å². The van der Waals surface area contributed by atoms with Gasteiger partial charge in [-0.25, -0.2) is 0 Å². The maximum atomic E-state index is 12.0. The minimum atomic E-state index is -0.569. The molecule has 0 radical (unpaired) electrons. The standard InChI is InChI=1S/C14H18ClN3O3/c15-12-10-11(4-5-13(12)18(20)21)14(19)16-6-9-17-7-2-1-3-8-17/h4-5,10H,1-3,6-9H2,(H,16,19). The van der Waals surface area contributed by atoms with E-state index in [2.05, 4.69) is 10.2 Å². The van der Waals surface area contributed by atoms with Gasteiger partial charge in [0, 0.05) is 24.7 Å². The first-order chi connectivity index (χ1) is 10.1. The molecule has 0 bridgehead atoms. The fraction of sp³-hybridized carbons (Fsp3) is 0.500. The topological polar surface area (TPSA) is 75.5 Å². The SMILES string of the molecule is O=C(NCCN1CCCCC1)c1ccc([N+](=O)[O-])c(Cl)c1. The number of nitro benzene ring substituents is 1. The van der Waals surface area contributed by atoms with E-state index in [1.807, 2.05) is 0 Å². The molecule has 2 rings (SSSR count). The van der Waals surface area contributed by atoms with Crippen LogP contribution in [-0.2, 0) is 0 Å². The number of likely N-dealkylation sites (tertiary alicyclic amines) is 1. The molecule has 1 N–H and O–H groups in total. The summed E-state index contributed by atoms with van der Waals surface area (Å²) in [4.78, 5) is 24.4. The van der Waals surface area contributed by atoms with Crippen molar-refractivity contribution in [2.75, 3.05) is 26.2 Å². The zero-order valence-corrected chi connectivity index (χ0v) is 12.4. The summed E-state index contributed by atoms with van der Waals surface area (Å²) in [5.74, 6) is -0.260. The largest absolute Gasteiger partial charge is 0.351 e. The van der Waals surface area contributed by atoms with Crippen molar-refractivity contribution in [3.8, 4) is 0 Å². The molecule has 0 atom stereocenters. The summed E-state index contributed by atoms with van der Waals surface area (Å²) in [6.07, 6.45) is 3.71. The van der Waals surface area contributed by atoms with Crippen LogP contribution in [0.25, 0.3) is 0 Å². The van der Waals surface area contributed by atoms with Crippen molar-refractivity contribution in [3.05, 3.63) is 38.9 Å². The van der Waals surface area contributed by atoms with Gasteiger partial charge in [-0.3, -0.25) is 14.9 Å². The van der Waals surface area contributed by atoms with Crippen LogP contribution in [0.1, 0.15) is 29.6 Å². The second-order valence-electron chi connectivity index (χ2n) is 5.08. The van der Waals surface area contributed by atoms with Gasteiger partial charge in [-0.05, 0) is 38.1 Å². The first-order valence-corrected chi connectivity index (χ1v) is 7.40. The molecule has 1 heterocycles. The van der Waals surface area contributed by atoms with Crippen LogP contribution < -0.4 is 5.32 Å². The fourth-order valence-corrected chi connectivity index (χ4v) is 2.66. The molecule has 1 amide bonds. The molecule has 1 fully saturated rings. The molecule has 6 nitrogen and oxygen atoms in total. The molecule has 1 aromatic rings. The van der Waals surface area contributed by atoms with Crippen molar-refractivity contribution in [2.24, 2.45) is 0 Å². The Morgan fingerprint density at radius 3 is 2.67 bits per heavy atom. The van der Waals surface area contributed by atoms with E-state index in [0.717, 1.165) is 19.6 Å². The van der Waals surface area contributed by atoms with Crippen LogP contribution in [0.4, 0.5) is 5.69 Å². The van der Waals surface area contributed by atoms with Crippen molar-refractivity contribution < 1.29 is 9.72 Å². The molecule has 114 valence electrons. The number of rotatable bonds is 5. The van der Waals surface area contributed by atoms with E-state index in [1.165, 1.54) is 37.5 Å². The molecule has 0 spiro atoms. The monoisotopic (exact) mass is 311 g/mol. The highest BCUT2D eigenvalue weighted by Crippen LogP contribution is 2.24. The number of carbonyl (C=O) groups is 1. The number of halogens is 1. The second-order valence-corrected chi connectivity index (χ2v) is 5.49. The van der Waals surface area contributed by atoms with Gasteiger partial charge in [0.1, 0.15) is 5.02 Å². The van der Waals surface area contributed by atoms with Crippen LogP contribution >= 0.6 is 11.6 Å². The lowest BCUT2D eigenvalue weighted by molar-refractivity contribution is -0.384. The van der Waals surface area contributed by atoms with Gasteiger partial charge in [0.2, 0.25) is 0 Å². The van der Waals surface area contributed by atoms with Crippen molar-refractivity contribution in [1.82, 2.24) is 10.2 Å². The van der Waals surface area contributed by atoms with Crippen LogP contribution in [-0.4, -0.2) is 41.9 Å². The maximum absolute atomic E-state index is 12.0. The third kappa shape index (κ3) is 4.41. The van der Waals surface area contributed by atoms with Crippen molar-refractivity contribution >= 4 is 23.2 Å². The summed E-state index contributed by atoms with van der Waals surface area (Å²) in [7, 11) is 0. The van der Waals surface area contributed by atoms with Gasteiger partial charge in [0.15, 0.2) is 0 Å². The zero-order valence-electron chi connectivity index (χ0n) is 11.7. The van der Waals surface area contributed by atoms with E-state index >= 15 is 0 Å².